The van der Waals surface area contributed by atoms with Crippen LogP contribution in [-0.4, -0.2) is 4.98 Å². The van der Waals surface area contributed by atoms with Gasteiger partial charge in [-0.2, -0.15) is 0 Å². The first kappa shape index (κ1) is 12.3. The molecule has 3 heteroatoms. The highest BCUT2D eigenvalue weighted by Crippen LogP contribution is 2.23. The average Bonchev–Trinajstić information content (AvgIpc) is 2.63. The van der Waals surface area contributed by atoms with Crippen LogP contribution in [0.4, 0.5) is 0 Å². The number of benzene rings is 1. The minimum atomic E-state index is -0.353. The van der Waals surface area contributed by atoms with Gasteiger partial charge in [-0.05, 0) is 26.3 Å². The van der Waals surface area contributed by atoms with E-state index in [1.807, 2.05) is 6.92 Å². The van der Waals surface area contributed by atoms with Gasteiger partial charge in [0.25, 0.3) is 0 Å². The minimum absolute atomic E-state index is 0.353. The molecular weight excluding hydrogens is 228 g/mol. The summed E-state index contributed by atoms with van der Waals surface area (Å²) >= 11 is 1.68. The van der Waals surface area contributed by atoms with Crippen molar-refractivity contribution in [1.29, 1.82) is 0 Å². The van der Waals surface area contributed by atoms with Gasteiger partial charge in [0.2, 0.25) is 0 Å². The Morgan fingerprint density at radius 3 is 2.41 bits per heavy atom. The minimum Gasteiger partial charge on any atom is -0.321 e. The van der Waals surface area contributed by atoms with Crippen LogP contribution in [0, 0.1) is 13.8 Å². The lowest BCUT2D eigenvalue weighted by molar-refractivity contribution is 0.486. The Balaban J connectivity index is 2.21. The maximum Gasteiger partial charge on any atom is 0.0897 e. The molecule has 90 valence electrons. The van der Waals surface area contributed by atoms with E-state index in [0.717, 1.165) is 22.7 Å². The number of hydrogen-bond acceptors (Lipinski definition) is 3. The Morgan fingerprint density at radius 1 is 1.24 bits per heavy atom. The molecule has 2 aromatic rings. The summed E-state index contributed by atoms with van der Waals surface area (Å²) in [5.74, 6) is 0. The highest BCUT2D eigenvalue weighted by molar-refractivity contribution is 7.09. The fourth-order valence-electron chi connectivity index (χ4n) is 1.90. The third-order valence-corrected chi connectivity index (χ3v) is 3.75. The highest BCUT2D eigenvalue weighted by atomic mass is 32.1. The van der Waals surface area contributed by atoms with Crippen LogP contribution in [0.25, 0.3) is 0 Å². The van der Waals surface area contributed by atoms with E-state index in [1.165, 1.54) is 5.56 Å². The molecule has 2 N–H and O–H groups in total. The van der Waals surface area contributed by atoms with E-state index in [-0.39, 0.29) is 5.54 Å². The van der Waals surface area contributed by atoms with Gasteiger partial charge in [0.1, 0.15) is 0 Å². The van der Waals surface area contributed by atoms with Crippen molar-refractivity contribution in [2.45, 2.75) is 32.7 Å². The lowest BCUT2D eigenvalue weighted by atomic mass is 9.88. The van der Waals surface area contributed by atoms with E-state index in [2.05, 4.69) is 48.5 Å². The predicted molar refractivity (Wildman–Crippen MR) is 73.3 cm³/mol. The van der Waals surface area contributed by atoms with Crippen molar-refractivity contribution in [3.05, 3.63) is 51.5 Å². The van der Waals surface area contributed by atoms with Gasteiger partial charge in [-0.15, -0.1) is 11.3 Å². The van der Waals surface area contributed by atoms with Gasteiger partial charge in [-0.1, -0.05) is 29.8 Å². The summed E-state index contributed by atoms with van der Waals surface area (Å²) < 4.78 is 0. The van der Waals surface area contributed by atoms with E-state index in [4.69, 9.17) is 5.73 Å². The van der Waals surface area contributed by atoms with Gasteiger partial charge >= 0.3 is 0 Å². The Morgan fingerprint density at radius 2 is 1.88 bits per heavy atom. The molecule has 1 aromatic heterocycles. The van der Waals surface area contributed by atoms with Gasteiger partial charge in [-0.3, -0.25) is 0 Å². The molecule has 0 bridgehead atoms. The van der Waals surface area contributed by atoms with E-state index in [0.29, 0.717) is 0 Å². The summed E-state index contributed by atoms with van der Waals surface area (Å²) in [6.07, 6.45) is 0.778. The summed E-state index contributed by atoms with van der Waals surface area (Å²) in [5, 5.41) is 3.19. The Labute approximate surface area is 107 Å². The fraction of sp³-hybridized carbons (Fsp3) is 0.357. The normalized spacial score (nSPS) is 14.6. The molecule has 1 atom stereocenters. The number of rotatable bonds is 3. The molecule has 2 nitrogen and oxygen atoms in total. The largest absolute Gasteiger partial charge is 0.321 e. The quantitative estimate of drug-likeness (QED) is 0.903. The molecular formula is C14H18N2S. The molecule has 1 aromatic carbocycles. The number of aryl methyl sites for hydroxylation is 2. The molecule has 0 amide bonds. The van der Waals surface area contributed by atoms with E-state index in [9.17, 15) is 0 Å². The molecule has 0 radical (unpaired) electrons. The van der Waals surface area contributed by atoms with Crippen molar-refractivity contribution in [3.63, 3.8) is 0 Å². The molecule has 0 spiro atoms. The summed E-state index contributed by atoms with van der Waals surface area (Å²) in [4.78, 5) is 4.48. The van der Waals surface area contributed by atoms with E-state index < -0.39 is 0 Å². The fourth-order valence-corrected chi connectivity index (χ4v) is 2.51. The molecule has 0 saturated heterocycles. The standard InChI is InChI=1S/C14H18N2S/c1-10-4-6-12(7-5-10)14(3,15)8-13-9-17-11(2)16-13/h4-7,9H,8,15H2,1-3H3. The molecule has 17 heavy (non-hydrogen) atoms. The van der Waals surface area contributed by atoms with Gasteiger partial charge in [0, 0.05) is 17.3 Å². The molecule has 0 aliphatic rings. The summed E-state index contributed by atoms with van der Waals surface area (Å²) in [5.41, 5.74) is 9.54. The zero-order chi connectivity index (χ0) is 12.5. The average molecular weight is 246 g/mol. The van der Waals surface area contributed by atoms with Gasteiger partial charge < -0.3 is 5.73 Å². The number of nitrogens with zero attached hydrogens (tertiary/aromatic N) is 1. The first-order chi connectivity index (χ1) is 7.97. The van der Waals surface area contributed by atoms with Crippen LogP contribution in [0.3, 0.4) is 0 Å². The predicted octanol–water partition coefficient (Wildman–Crippen LogP) is 3.18. The summed E-state index contributed by atoms with van der Waals surface area (Å²) in [6, 6.07) is 8.42. The lowest BCUT2D eigenvalue weighted by Gasteiger charge is -2.24. The molecule has 0 fully saturated rings. The lowest BCUT2D eigenvalue weighted by Crippen LogP contribution is -2.35. The summed E-state index contributed by atoms with van der Waals surface area (Å²) in [7, 11) is 0. The number of hydrogen-bond donors (Lipinski definition) is 1. The number of nitrogens with two attached hydrogens (primary N) is 1. The number of thiazole rings is 1. The van der Waals surface area contributed by atoms with E-state index in [1.54, 1.807) is 11.3 Å². The maximum absolute atomic E-state index is 6.39. The zero-order valence-electron chi connectivity index (χ0n) is 10.5. The Kier molecular flexibility index (Phi) is 3.31. The molecule has 1 heterocycles. The molecule has 1 unspecified atom stereocenters. The van der Waals surface area contributed by atoms with Crippen LogP contribution >= 0.6 is 11.3 Å². The van der Waals surface area contributed by atoms with Crippen LogP contribution in [-0.2, 0) is 12.0 Å². The molecule has 0 saturated carbocycles. The summed E-state index contributed by atoms with van der Waals surface area (Å²) in [6.45, 7) is 6.17. The second kappa shape index (κ2) is 4.59. The van der Waals surface area contributed by atoms with E-state index >= 15 is 0 Å². The Hall–Kier alpha value is -1.19. The van der Waals surface area contributed by atoms with Gasteiger partial charge in [0.15, 0.2) is 0 Å². The van der Waals surface area contributed by atoms with Crippen molar-refractivity contribution >= 4 is 11.3 Å². The maximum atomic E-state index is 6.39. The monoisotopic (exact) mass is 246 g/mol. The van der Waals surface area contributed by atoms with Crippen molar-refractivity contribution in [2.24, 2.45) is 5.73 Å². The molecule has 2 rings (SSSR count). The van der Waals surface area contributed by atoms with Crippen molar-refractivity contribution in [1.82, 2.24) is 4.98 Å². The third-order valence-electron chi connectivity index (χ3n) is 2.93. The second-order valence-electron chi connectivity index (χ2n) is 4.82. The van der Waals surface area contributed by atoms with Gasteiger partial charge in [0.05, 0.1) is 10.7 Å². The van der Waals surface area contributed by atoms with Crippen LogP contribution < -0.4 is 5.73 Å². The first-order valence-corrected chi connectivity index (χ1v) is 6.62. The van der Waals surface area contributed by atoms with Crippen molar-refractivity contribution < 1.29 is 0 Å². The second-order valence-corrected chi connectivity index (χ2v) is 5.88. The Bertz CT molecular complexity index is 497. The van der Waals surface area contributed by atoms with Crippen LogP contribution in [0.1, 0.15) is 28.8 Å². The third kappa shape index (κ3) is 2.93. The smallest absolute Gasteiger partial charge is 0.0897 e. The number of aromatic nitrogens is 1. The topological polar surface area (TPSA) is 38.9 Å². The zero-order valence-corrected chi connectivity index (χ0v) is 11.3. The van der Waals surface area contributed by atoms with Crippen LogP contribution in [0.5, 0.6) is 0 Å². The SMILES string of the molecule is Cc1ccc(C(C)(N)Cc2csc(C)n2)cc1. The van der Waals surface area contributed by atoms with Crippen molar-refractivity contribution in [2.75, 3.05) is 0 Å². The van der Waals surface area contributed by atoms with Crippen LogP contribution in [0.2, 0.25) is 0 Å². The van der Waals surface area contributed by atoms with Crippen LogP contribution in [0.15, 0.2) is 29.6 Å². The molecule has 0 aliphatic heterocycles. The molecule has 0 aliphatic carbocycles. The van der Waals surface area contributed by atoms with Gasteiger partial charge in [-0.25, -0.2) is 4.98 Å². The van der Waals surface area contributed by atoms with Crippen molar-refractivity contribution in [3.8, 4) is 0 Å². The first-order valence-electron chi connectivity index (χ1n) is 5.74. The highest BCUT2D eigenvalue weighted by Gasteiger charge is 2.22.